The molecule has 1 N–H and O–H groups in total. The van der Waals surface area contributed by atoms with Crippen LogP contribution in [0.5, 0.6) is 0 Å². The van der Waals surface area contributed by atoms with E-state index in [1.807, 2.05) is 19.9 Å². The van der Waals surface area contributed by atoms with Crippen molar-refractivity contribution in [3.63, 3.8) is 0 Å². The number of aryl methyl sites for hydroxylation is 2. The van der Waals surface area contributed by atoms with Crippen LogP contribution in [0.3, 0.4) is 0 Å². The van der Waals surface area contributed by atoms with Crippen LogP contribution in [0.2, 0.25) is 0 Å². The van der Waals surface area contributed by atoms with E-state index >= 15 is 0 Å². The monoisotopic (exact) mass is 432 g/mol. The lowest BCUT2D eigenvalue weighted by Gasteiger charge is -2.09. The van der Waals surface area contributed by atoms with Crippen molar-refractivity contribution in [2.45, 2.75) is 26.9 Å². The molecule has 1 aromatic carbocycles. The van der Waals surface area contributed by atoms with Gasteiger partial charge in [-0.1, -0.05) is 6.07 Å². The van der Waals surface area contributed by atoms with E-state index in [1.54, 1.807) is 12.1 Å². The van der Waals surface area contributed by atoms with Gasteiger partial charge in [-0.3, -0.25) is 4.79 Å². The fourth-order valence-corrected chi connectivity index (χ4v) is 2.75. The zero-order valence-electron chi connectivity index (χ0n) is 16.9. The van der Waals surface area contributed by atoms with Crippen molar-refractivity contribution in [2.24, 2.45) is 0 Å². The molecule has 0 aliphatic carbocycles. The molecule has 31 heavy (non-hydrogen) atoms. The molecule has 0 unspecified atom stereocenters. The highest BCUT2D eigenvalue weighted by Crippen LogP contribution is 2.28. The van der Waals surface area contributed by atoms with Crippen molar-refractivity contribution in [1.29, 1.82) is 0 Å². The molecule has 2 heterocycles. The summed E-state index contributed by atoms with van der Waals surface area (Å²) >= 11 is 0. The second-order valence-corrected chi connectivity index (χ2v) is 6.88. The predicted molar refractivity (Wildman–Crippen MR) is 106 cm³/mol. The van der Waals surface area contributed by atoms with Crippen molar-refractivity contribution >= 4 is 17.6 Å². The molecule has 162 valence electrons. The van der Waals surface area contributed by atoms with Gasteiger partial charge in [-0.05, 0) is 56.2 Å². The van der Waals surface area contributed by atoms with Crippen molar-refractivity contribution < 1.29 is 27.5 Å². The van der Waals surface area contributed by atoms with Crippen LogP contribution >= 0.6 is 0 Å². The number of pyridine rings is 1. The van der Waals surface area contributed by atoms with Crippen LogP contribution in [-0.4, -0.2) is 33.2 Å². The number of halogens is 3. The van der Waals surface area contributed by atoms with Gasteiger partial charge >= 0.3 is 12.1 Å². The molecule has 1 amide bonds. The highest BCUT2D eigenvalue weighted by molar-refractivity contribution is 5.96. The second-order valence-electron chi connectivity index (χ2n) is 6.88. The Morgan fingerprint density at radius 3 is 2.42 bits per heavy atom. The van der Waals surface area contributed by atoms with E-state index in [-0.39, 0.29) is 11.4 Å². The third-order valence-electron chi connectivity index (χ3n) is 4.65. The molecule has 0 atom stereocenters. The van der Waals surface area contributed by atoms with Gasteiger partial charge in [-0.25, -0.2) is 14.5 Å². The van der Waals surface area contributed by atoms with Crippen molar-refractivity contribution in [2.75, 3.05) is 11.9 Å². The predicted octanol–water partition coefficient (Wildman–Crippen LogP) is 4.01. The Morgan fingerprint density at radius 1 is 1.06 bits per heavy atom. The Balaban J connectivity index is 1.64. The van der Waals surface area contributed by atoms with Crippen LogP contribution in [0, 0.1) is 20.8 Å². The van der Waals surface area contributed by atoms with Crippen LogP contribution in [0.1, 0.15) is 32.7 Å². The van der Waals surface area contributed by atoms with Gasteiger partial charge in [0, 0.05) is 11.9 Å². The van der Waals surface area contributed by atoms with Gasteiger partial charge in [0.25, 0.3) is 5.91 Å². The lowest BCUT2D eigenvalue weighted by Crippen LogP contribution is -2.21. The second kappa shape index (κ2) is 8.58. The minimum absolute atomic E-state index is 0.0701. The number of alkyl halides is 3. The summed E-state index contributed by atoms with van der Waals surface area (Å²) in [4.78, 5) is 28.1. The number of amides is 1. The summed E-state index contributed by atoms with van der Waals surface area (Å²) in [5.74, 6) is -1.19. The van der Waals surface area contributed by atoms with Crippen molar-refractivity contribution in [1.82, 2.24) is 14.8 Å². The van der Waals surface area contributed by atoms with Gasteiger partial charge in [0.1, 0.15) is 5.56 Å². The zero-order chi connectivity index (χ0) is 22.8. The molecular formula is C21H19F3N4O3. The molecule has 3 rings (SSSR count). The summed E-state index contributed by atoms with van der Waals surface area (Å²) in [5.41, 5.74) is 2.17. The first-order valence-corrected chi connectivity index (χ1v) is 9.18. The number of nitrogens with zero attached hydrogens (tertiary/aromatic N) is 3. The van der Waals surface area contributed by atoms with Crippen molar-refractivity contribution in [3.8, 4) is 5.82 Å². The highest BCUT2D eigenvalue weighted by atomic mass is 19.4. The summed E-state index contributed by atoms with van der Waals surface area (Å²) in [6, 6.07) is 7.44. The number of hydrogen-bond acceptors (Lipinski definition) is 5. The van der Waals surface area contributed by atoms with E-state index < -0.39 is 30.2 Å². The molecule has 0 aliphatic heterocycles. The molecule has 2 aromatic heterocycles. The van der Waals surface area contributed by atoms with Crippen molar-refractivity contribution in [3.05, 3.63) is 70.7 Å². The topological polar surface area (TPSA) is 86.1 Å². The summed E-state index contributed by atoms with van der Waals surface area (Å²) in [6.07, 6.45) is -2.61. The van der Waals surface area contributed by atoms with E-state index in [1.165, 1.54) is 17.8 Å². The van der Waals surface area contributed by atoms with E-state index in [2.05, 4.69) is 15.4 Å². The zero-order valence-corrected chi connectivity index (χ0v) is 16.9. The lowest BCUT2D eigenvalue weighted by molar-refractivity contribution is -0.137. The number of hydrogen-bond donors (Lipinski definition) is 1. The number of ether oxygens (including phenoxy) is 1. The normalized spacial score (nSPS) is 11.3. The molecule has 0 bridgehead atoms. The van der Waals surface area contributed by atoms with Gasteiger partial charge in [-0.15, -0.1) is 0 Å². The Kier molecular flexibility index (Phi) is 6.09. The molecule has 0 aliphatic rings. The Bertz CT molecular complexity index is 1120. The first-order valence-electron chi connectivity index (χ1n) is 9.18. The van der Waals surface area contributed by atoms with E-state index in [4.69, 9.17) is 4.74 Å². The summed E-state index contributed by atoms with van der Waals surface area (Å²) in [6.45, 7) is 4.90. The average molecular weight is 432 g/mol. The smallest absolute Gasteiger partial charge is 0.417 e. The number of benzene rings is 1. The molecule has 0 spiro atoms. The third kappa shape index (κ3) is 5.08. The maximum absolute atomic E-state index is 12.7. The fraction of sp³-hybridized carbons (Fsp3) is 0.238. The minimum Gasteiger partial charge on any atom is -0.452 e. The van der Waals surface area contributed by atoms with Crippen LogP contribution in [0.15, 0.2) is 42.7 Å². The molecule has 0 saturated carbocycles. The summed E-state index contributed by atoms with van der Waals surface area (Å²) in [5, 5.41) is 6.62. The molecule has 10 heteroatoms. The number of esters is 1. The number of carbonyl (C=O) groups is 2. The van der Waals surface area contributed by atoms with Gasteiger partial charge < -0.3 is 10.1 Å². The summed E-state index contributed by atoms with van der Waals surface area (Å²) in [7, 11) is 0. The fourth-order valence-electron chi connectivity index (χ4n) is 2.75. The number of anilines is 1. The molecule has 7 nitrogen and oxygen atoms in total. The molecule has 0 fully saturated rings. The standard InChI is InChI=1S/C21H19F3N4O3/c1-12-4-6-16(8-13(12)2)27-19(29)11-31-20(30)17-10-26-28(14(17)3)18-7-5-15(9-25-18)21(22,23)24/h4-10H,11H2,1-3H3,(H,27,29). The highest BCUT2D eigenvalue weighted by Gasteiger charge is 2.31. The SMILES string of the molecule is Cc1ccc(NC(=O)COC(=O)c2cnn(-c3ccc(C(F)(F)F)cn3)c2C)cc1C. The van der Waals surface area contributed by atoms with Gasteiger partial charge in [-0.2, -0.15) is 18.3 Å². The van der Waals surface area contributed by atoms with Crippen LogP contribution in [-0.2, 0) is 15.7 Å². The Labute approximate surface area is 175 Å². The number of rotatable bonds is 5. The summed E-state index contributed by atoms with van der Waals surface area (Å²) < 4.78 is 44.3. The largest absolute Gasteiger partial charge is 0.452 e. The molecule has 0 saturated heterocycles. The molecular weight excluding hydrogens is 413 g/mol. The first-order chi connectivity index (χ1) is 14.6. The molecule has 0 radical (unpaired) electrons. The van der Waals surface area contributed by atoms with E-state index in [0.717, 1.165) is 23.3 Å². The first kappa shape index (κ1) is 22.0. The van der Waals surface area contributed by atoms with E-state index in [0.29, 0.717) is 17.6 Å². The van der Waals surface area contributed by atoms with Crippen LogP contribution in [0.25, 0.3) is 5.82 Å². The average Bonchev–Trinajstić information content (AvgIpc) is 3.10. The number of nitrogens with one attached hydrogen (secondary N) is 1. The maximum atomic E-state index is 12.7. The number of carbonyl (C=O) groups excluding carboxylic acids is 2. The quantitative estimate of drug-likeness (QED) is 0.616. The van der Waals surface area contributed by atoms with E-state index in [9.17, 15) is 22.8 Å². The minimum atomic E-state index is -4.50. The molecule has 3 aromatic rings. The van der Waals surface area contributed by atoms with Gasteiger partial charge in [0.05, 0.1) is 17.5 Å². The van der Waals surface area contributed by atoms with Gasteiger partial charge in [0.15, 0.2) is 12.4 Å². The lowest BCUT2D eigenvalue weighted by atomic mass is 10.1. The number of aromatic nitrogens is 3. The Morgan fingerprint density at radius 2 is 1.81 bits per heavy atom. The third-order valence-corrected chi connectivity index (χ3v) is 4.65. The van der Waals surface area contributed by atoms with Crippen LogP contribution in [0.4, 0.5) is 18.9 Å². The van der Waals surface area contributed by atoms with Gasteiger partial charge in [0.2, 0.25) is 0 Å². The Hall–Kier alpha value is -3.69. The van der Waals surface area contributed by atoms with Crippen LogP contribution < -0.4 is 5.32 Å². The maximum Gasteiger partial charge on any atom is 0.417 e.